The van der Waals surface area contributed by atoms with E-state index in [0.717, 1.165) is 0 Å². The molecule has 0 saturated heterocycles. The first-order valence-electron chi connectivity index (χ1n) is 8.72. The van der Waals surface area contributed by atoms with Crippen molar-refractivity contribution in [3.8, 4) is 5.75 Å². The van der Waals surface area contributed by atoms with Crippen molar-refractivity contribution in [2.24, 2.45) is 0 Å². The summed E-state index contributed by atoms with van der Waals surface area (Å²) in [6, 6.07) is 12.1. The second-order valence-corrected chi connectivity index (χ2v) is 5.93. The van der Waals surface area contributed by atoms with Gasteiger partial charge in [0.05, 0.1) is 13.0 Å². The van der Waals surface area contributed by atoms with Gasteiger partial charge < -0.3 is 20.5 Å². The second kappa shape index (κ2) is 10.7. The van der Waals surface area contributed by atoms with E-state index in [0.29, 0.717) is 23.4 Å². The quantitative estimate of drug-likeness (QED) is 0.543. The molecule has 2 aromatic rings. The van der Waals surface area contributed by atoms with Gasteiger partial charge in [0.1, 0.15) is 11.6 Å². The lowest BCUT2D eigenvalue weighted by molar-refractivity contribution is -0.136. The molecule has 0 aliphatic carbocycles. The monoisotopic (exact) mass is 388 g/mol. The van der Waals surface area contributed by atoms with Crippen LogP contribution in [0.5, 0.6) is 5.75 Å². The summed E-state index contributed by atoms with van der Waals surface area (Å²) in [6.07, 6.45) is 0.544. The molecule has 3 N–H and O–H groups in total. The highest BCUT2D eigenvalue weighted by Gasteiger charge is 2.07. The van der Waals surface area contributed by atoms with Gasteiger partial charge in [-0.2, -0.15) is 0 Å². The number of carboxylic acid groups (broad SMARTS) is 1. The third-order valence-electron chi connectivity index (χ3n) is 3.67. The van der Waals surface area contributed by atoms with Gasteiger partial charge in [0, 0.05) is 30.3 Å². The maximum Gasteiger partial charge on any atom is 0.305 e. The van der Waals surface area contributed by atoms with E-state index in [4.69, 9.17) is 9.84 Å². The molecule has 0 spiro atoms. The van der Waals surface area contributed by atoms with Gasteiger partial charge >= 0.3 is 5.97 Å². The minimum Gasteiger partial charge on any atom is -0.493 e. The summed E-state index contributed by atoms with van der Waals surface area (Å²) in [5.74, 6) is -1.54. The molecule has 8 heteroatoms. The largest absolute Gasteiger partial charge is 0.493 e. The Kier molecular flexibility index (Phi) is 7.95. The van der Waals surface area contributed by atoms with Crippen molar-refractivity contribution in [1.29, 1.82) is 0 Å². The highest BCUT2D eigenvalue weighted by Crippen LogP contribution is 2.13. The first-order chi connectivity index (χ1) is 13.4. The zero-order valence-corrected chi connectivity index (χ0v) is 15.1. The highest BCUT2D eigenvalue weighted by molar-refractivity contribution is 5.95. The summed E-state index contributed by atoms with van der Waals surface area (Å²) in [5, 5.41) is 13.8. The number of anilines is 1. The van der Waals surface area contributed by atoms with Crippen molar-refractivity contribution in [2.45, 2.75) is 19.3 Å². The van der Waals surface area contributed by atoms with E-state index in [1.165, 1.54) is 12.1 Å². The third-order valence-corrected chi connectivity index (χ3v) is 3.67. The summed E-state index contributed by atoms with van der Waals surface area (Å²) in [5.41, 5.74) is 0.907. The van der Waals surface area contributed by atoms with Gasteiger partial charge in [0.25, 0.3) is 5.91 Å². The molecule has 0 aliphatic heterocycles. The van der Waals surface area contributed by atoms with Crippen LogP contribution in [0.1, 0.15) is 29.6 Å². The van der Waals surface area contributed by atoms with Crippen LogP contribution in [0.25, 0.3) is 0 Å². The molecular formula is C20H21FN2O5. The highest BCUT2D eigenvalue weighted by atomic mass is 19.1. The molecule has 0 atom stereocenters. The molecule has 0 saturated carbocycles. The van der Waals surface area contributed by atoms with Crippen LogP contribution in [-0.4, -0.2) is 36.0 Å². The summed E-state index contributed by atoms with van der Waals surface area (Å²) in [6.45, 7) is 0.330. The van der Waals surface area contributed by atoms with E-state index >= 15 is 0 Å². The van der Waals surface area contributed by atoms with Crippen LogP contribution in [0.15, 0.2) is 48.5 Å². The SMILES string of the molecule is O=C(O)CCNC(=O)c1ccc(NC(=O)CCCOc2cccc(F)c2)cc1. The van der Waals surface area contributed by atoms with Gasteiger partial charge in [-0.25, -0.2) is 4.39 Å². The van der Waals surface area contributed by atoms with Crippen LogP contribution in [0, 0.1) is 5.82 Å². The normalized spacial score (nSPS) is 10.2. The number of hydrogen-bond acceptors (Lipinski definition) is 4. The number of benzene rings is 2. The van der Waals surface area contributed by atoms with Crippen molar-refractivity contribution in [3.05, 3.63) is 59.9 Å². The Labute approximate surface area is 161 Å². The minimum absolute atomic E-state index is 0.0460. The van der Waals surface area contributed by atoms with E-state index in [2.05, 4.69) is 10.6 Å². The molecule has 0 heterocycles. The van der Waals surface area contributed by atoms with E-state index in [1.807, 2.05) is 0 Å². The first kappa shape index (κ1) is 20.9. The molecule has 0 bridgehead atoms. The van der Waals surface area contributed by atoms with Crippen molar-refractivity contribution in [1.82, 2.24) is 5.32 Å². The lowest BCUT2D eigenvalue weighted by Gasteiger charge is -2.08. The number of ether oxygens (including phenoxy) is 1. The zero-order chi connectivity index (χ0) is 20.4. The molecule has 2 amide bonds. The molecule has 0 fully saturated rings. The zero-order valence-electron chi connectivity index (χ0n) is 15.1. The average molecular weight is 388 g/mol. The molecule has 7 nitrogen and oxygen atoms in total. The Morgan fingerprint density at radius 2 is 1.79 bits per heavy atom. The molecule has 2 aromatic carbocycles. The molecule has 148 valence electrons. The van der Waals surface area contributed by atoms with Crippen LogP contribution in [0.2, 0.25) is 0 Å². The van der Waals surface area contributed by atoms with E-state index < -0.39 is 5.97 Å². The van der Waals surface area contributed by atoms with E-state index in [9.17, 15) is 18.8 Å². The predicted octanol–water partition coefficient (Wildman–Crippen LogP) is 2.83. The lowest BCUT2D eigenvalue weighted by atomic mass is 10.2. The van der Waals surface area contributed by atoms with Crippen LogP contribution in [0.4, 0.5) is 10.1 Å². The number of carboxylic acids is 1. The van der Waals surface area contributed by atoms with Gasteiger partial charge in [-0.1, -0.05) is 6.07 Å². The topological polar surface area (TPSA) is 105 Å². The third kappa shape index (κ3) is 7.45. The van der Waals surface area contributed by atoms with Crippen molar-refractivity contribution < 1.29 is 28.6 Å². The molecule has 28 heavy (non-hydrogen) atoms. The second-order valence-electron chi connectivity index (χ2n) is 5.93. The van der Waals surface area contributed by atoms with E-state index in [-0.39, 0.29) is 43.6 Å². The van der Waals surface area contributed by atoms with Gasteiger partial charge in [-0.3, -0.25) is 14.4 Å². The van der Waals surface area contributed by atoms with Crippen LogP contribution >= 0.6 is 0 Å². The number of rotatable bonds is 10. The van der Waals surface area contributed by atoms with Crippen LogP contribution < -0.4 is 15.4 Å². The summed E-state index contributed by atoms with van der Waals surface area (Å²) >= 11 is 0. The number of hydrogen-bond donors (Lipinski definition) is 3. The number of nitrogens with one attached hydrogen (secondary N) is 2. The molecular weight excluding hydrogens is 367 g/mol. The summed E-state index contributed by atoms with van der Waals surface area (Å²) in [7, 11) is 0. The molecule has 0 radical (unpaired) electrons. The van der Waals surface area contributed by atoms with Crippen LogP contribution in [0.3, 0.4) is 0 Å². The summed E-state index contributed by atoms with van der Waals surface area (Å²) < 4.78 is 18.4. The maximum atomic E-state index is 13.0. The number of carbonyl (C=O) groups is 3. The lowest BCUT2D eigenvalue weighted by Crippen LogP contribution is -2.25. The Balaban J connectivity index is 1.70. The van der Waals surface area contributed by atoms with Gasteiger partial charge in [-0.05, 0) is 42.8 Å². The maximum absolute atomic E-state index is 13.0. The van der Waals surface area contributed by atoms with E-state index in [1.54, 1.807) is 36.4 Å². The number of carbonyl (C=O) groups excluding carboxylic acids is 2. The average Bonchev–Trinajstić information content (AvgIpc) is 2.65. The van der Waals surface area contributed by atoms with Crippen molar-refractivity contribution in [3.63, 3.8) is 0 Å². The fourth-order valence-corrected chi connectivity index (χ4v) is 2.29. The number of halogens is 1. The molecule has 0 aliphatic rings. The predicted molar refractivity (Wildman–Crippen MR) is 101 cm³/mol. The fourth-order valence-electron chi connectivity index (χ4n) is 2.29. The summed E-state index contributed by atoms with van der Waals surface area (Å²) in [4.78, 5) is 34.2. The Bertz CT molecular complexity index is 824. The Morgan fingerprint density at radius 3 is 2.46 bits per heavy atom. The standard InChI is InChI=1S/C20H21FN2O5/c21-15-3-1-4-17(13-15)28-12-2-5-18(24)23-16-8-6-14(7-9-16)20(27)22-11-10-19(25)26/h1,3-4,6-9,13H,2,5,10-12H2,(H,22,27)(H,23,24)(H,25,26). The molecule has 0 unspecified atom stereocenters. The van der Waals surface area contributed by atoms with Gasteiger partial charge in [-0.15, -0.1) is 0 Å². The van der Waals surface area contributed by atoms with Crippen molar-refractivity contribution in [2.75, 3.05) is 18.5 Å². The minimum atomic E-state index is -0.986. The smallest absolute Gasteiger partial charge is 0.305 e. The number of amides is 2. The molecule has 0 aromatic heterocycles. The number of aliphatic carboxylic acids is 1. The molecule has 2 rings (SSSR count). The van der Waals surface area contributed by atoms with Gasteiger partial charge in [0.15, 0.2) is 0 Å². The Morgan fingerprint density at radius 1 is 1.04 bits per heavy atom. The van der Waals surface area contributed by atoms with Gasteiger partial charge in [0.2, 0.25) is 5.91 Å². The fraction of sp³-hybridized carbons (Fsp3) is 0.250. The van der Waals surface area contributed by atoms with Crippen molar-refractivity contribution >= 4 is 23.5 Å². The van der Waals surface area contributed by atoms with Crippen LogP contribution in [-0.2, 0) is 9.59 Å². The first-order valence-corrected chi connectivity index (χ1v) is 8.72. The Hall–Kier alpha value is -3.42.